The Labute approximate surface area is 208 Å². The Kier molecular flexibility index (Phi) is 12.0. The number of anilines is 1. The Morgan fingerprint density at radius 1 is 1.17 bits per heavy atom. The highest BCUT2D eigenvalue weighted by atomic mass is 16.7. The van der Waals surface area contributed by atoms with E-state index in [0.29, 0.717) is 29.0 Å². The molecule has 0 unspecified atom stereocenters. The summed E-state index contributed by atoms with van der Waals surface area (Å²) in [6, 6.07) is 8.56. The average molecular weight is 483 g/mol. The molecule has 0 radical (unpaired) electrons. The van der Waals surface area contributed by atoms with Gasteiger partial charge in [-0.05, 0) is 68.3 Å². The fraction of sp³-hybridized carbons (Fsp3) is 0.519. The van der Waals surface area contributed by atoms with E-state index in [4.69, 9.17) is 20.0 Å². The van der Waals surface area contributed by atoms with E-state index in [2.05, 4.69) is 4.98 Å². The molecule has 2 N–H and O–H groups in total. The molecule has 8 nitrogen and oxygen atoms in total. The van der Waals surface area contributed by atoms with Crippen LogP contribution in [0.5, 0.6) is 11.5 Å². The van der Waals surface area contributed by atoms with Crippen molar-refractivity contribution in [1.82, 2.24) is 4.98 Å². The van der Waals surface area contributed by atoms with Gasteiger partial charge in [0.05, 0.1) is 18.9 Å². The minimum Gasteiger partial charge on any atom is -0.493 e. The standard InChI is InChI=1S/C17H17N3O3.C10H21NO/c1-4-14-8-15(17(22-3)10-19-14)20(2)23-16-6-5-12(11-21)7-13(16)9-18;1-12-7-6-9-2-4-10(8-11)5-3-9/h5-8,10-11H,4H2,1-3H3;9-10H,2-8,11H2,1H3. The van der Waals surface area contributed by atoms with Crippen molar-refractivity contribution < 1.29 is 19.1 Å². The number of hydrogen-bond donors (Lipinski definition) is 1. The molecule has 190 valence electrons. The molecule has 0 bridgehead atoms. The summed E-state index contributed by atoms with van der Waals surface area (Å²) >= 11 is 0. The zero-order valence-electron chi connectivity index (χ0n) is 21.3. The van der Waals surface area contributed by atoms with Crippen LogP contribution in [0.25, 0.3) is 0 Å². The van der Waals surface area contributed by atoms with Gasteiger partial charge in [-0.25, -0.2) is 5.06 Å². The number of nitrogens with zero attached hydrogens (tertiary/aromatic N) is 3. The van der Waals surface area contributed by atoms with Crippen LogP contribution in [-0.4, -0.2) is 45.7 Å². The van der Waals surface area contributed by atoms with E-state index < -0.39 is 0 Å². The number of benzene rings is 1. The number of hydrogen-bond acceptors (Lipinski definition) is 8. The Balaban J connectivity index is 0.000000303. The minimum absolute atomic E-state index is 0.283. The molecule has 8 heteroatoms. The van der Waals surface area contributed by atoms with E-state index in [0.717, 1.165) is 37.1 Å². The number of carbonyl (C=O) groups excluding carboxylic acids is 1. The first-order valence-corrected chi connectivity index (χ1v) is 12.1. The van der Waals surface area contributed by atoms with Gasteiger partial charge in [0, 0.05) is 32.0 Å². The number of pyridine rings is 1. The number of aryl methyl sites for hydroxylation is 1. The maximum atomic E-state index is 10.8. The Morgan fingerprint density at radius 3 is 2.46 bits per heavy atom. The van der Waals surface area contributed by atoms with E-state index in [1.165, 1.54) is 43.2 Å². The molecular formula is C27H38N4O4. The van der Waals surface area contributed by atoms with Gasteiger partial charge in [-0.15, -0.1) is 0 Å². The number of nitriles is 1. The number of aldehydes is 1. The first-order valence-electron chi connectivity index (χ1n) is 12.1. The molecule has 1 heterocycles. The highest BCUT2D eigenvalue weighted by Crippen LogP contribution is 2.30. The van der Waals surface area contributed by atoms with Crippen LogP contribution in [0, 0.1) is 23.2 Å². The van der Waals surface area contributed by atoms with Gasteiger partial charge >= 0.3 is 0 Å². The lowest BCUT2D eigenvalue weighted by Crippen LogP contribution is -2.23. The van der Waals surface area contributed by atoms with E-state index in [1.807, 2.05) is 19.1 Å². The van der Waals surface area contributed by atoms with Crippen LogP contribution in [0.1, 0.15) is 60.6 Å². The Hall–Kier alpha value is -3.15. The molecule has 1 aromatic heterocycles. The number of methoxy groups -OCH3 is 2. The van der Waals surface area contributed by atoms with Crippen LogP contribution in [-0.2, 0) is 11.2 Å². The van der Waals surface area contributed by atoms with Crippen LogP contribution in [0.2, 0.25) is 0 Å². The molecule has 1 fully saturated rings. The van der Waals surface area contributed by atoms with Gasteiger partial charge in [0.15, 0.2) is 11.5 Å². The van der Waals surface area contributed by atoms with Gasteiger partial charge in [-0.2, -0.15) is 5.26 Å². The van der Waals surface area contributed by atoms with Crippen molar-refractivity contribution in [1.29, 1.82) is 5.26 Å². The van der Waals surface area contributed by atoms with Crippen LogP contribution in [0.4, 0.5) is 5.69 Å². The molecule has 3 rings (SSSR count). The molecule has 1 aromatic carbocycles. The SMILES string of the molecule is CCc1cc(N(C)Oc2ccc(C=O)cc2C#N)c(OC)cn1.COCCC1CCC(CN)CC1. The fourth-order valence-electron chi connectivity index (χ4n) is 4.10. The van der Waals surface area contributed by atoms with Crippen molar-refractivity contribution >= 4 is 12.0 Å². The molecule has 1 aliphatic carbocycles. The van der Waals surface area contributed by atoms with Gasteiger partial charge in [0.25, 0.3) is 0 Å². The lowest BCUT2D eigenvalue weighted by Gasteiger charge is -2.27. The zero-order chi connectivity index (χ0) is 25.6. The molecular weight excluding hydrogens is 444 g/mol. The average Bonchev–Trinajstić information content (AvgIpc) is 2.92. The number of carbonyl (C=O) groups is 1. The van der Waals surface area contributed by atoms with E-state index in [1.54, 1.807) is 39.6 Å². The van der Waals surface area contributed by atoms with Crippen molar-refractivity contribution in [3.8, 4) is 17.6 Å². The van der Waals surface area contributed by atoms with Crippen LogP contribution < -0.4 is 20.4 Å². The Morgan fingerprint density at radius 2 is 1.89 bits per heavy atom. The number of ether oxygens (including phenoxy) is 2. The van der Waals surface area contributed by atoms with Gasteiger partial charge in [0.1, 0.15) is 18.0 Å². The molecule has 2 aromatic rings. The molecule has 0 amide bonds. The van der Waals surface area contributed by atoms with Crippen molar-refractivity contribution in [2.45, 2.75) is 45.4 Å². The van der Waals surface area contributed by atoms with Crippen LogP contribution >= 0.6 is 0 Å². The van der Waals surface area contributed by atoms with Crippen LogP contribution in [0.15, 0.2) is 30.5 Å². The van der Waals surface area contributed by atoms with Crippen molar-refractivity contribution in [3.05, 3.63) is 47.3 Å². The smallest absolute Gasteiger partial charge is 0.173 e. The summed E-state index contributed by atoms with van der Waals surface area (Å²) in [6.07, 6.45) is 9.75. The molecule has 0 atom stereocenters. The molecule has 1 aliphatic rings. The van der Waals surface area contributed by atoms with Gasteiger partial charge in [0.2, 0.25) is 0 Å². The second-order valence-corrected chi connectivity index (χ2v) is 8.68. The van der Waals surface area contributed by atoms with Gasteiger partial charge < -0.3 is 20.0 Å². The van der Waals surface area contributed by atoms with Crippen molar-refractivity contribution in [2.75, 3.05) is 39.5 Å². The highest BCUT2D eigenvalue weighted by molar-refractivity contribution is 5.76. The molecule has 35 heavy (non-hydrogen) atoms. The predicted molar refractivity (Wildman–Crippen MR) is 137 cm³/mol. The summed E-state index contributed by atoms with van der Waals surface area (Å²) in [5.41, 5.74) is 7.92. The second-order valence-electron chi connectivity index (χ2n) is 8.68. The molecule has 0 aliphatic heterocycles. The minimum atomic E-state index is 0.283. The fourth-order valence-corrected chi connectivity index (χ4v) is 4.10. The number of rotatable bonds is 10. The normalized spacial score (nSPS) is 16.9. The number of aromatic nitrogens is 1. The summed E-state index contributed by atoms with van der Waals surface area (Å²) in [5.74, 6) is 2.64. The third kappa shape index (κ3) is 8.53. The number of nitrogens with two attached hydrogens (primary N) is 1. The van der Waals surface area contributed by atoms with E-state index in [-0.39, 0.29) is 5.56 Å². The summed E-state index contributed by atoms with van der Waals surface area (Å²) in [6.45, 7) is 3.82. The van der Waals surface area contributed by atoms with Crippen LogP contribution in [0.3, 0.4) is 0 Å². The quantitative estimate of drug-likeness (QED) is 0.388. The predicted octanol–water partition coefficient (Wildman–Crippen LogP) is 4.55. The zero-order valence-corrected chi connectivity index (χ0v) is 21.3. The lowest BCUT2D eigenvalue weighted by atomic mass is 9.81. The maximum Gasteiger partial charge on any atom is 0.173 e. The number of hydroxylamine groups is 1. The highest BCUT2D eigenvalue weighted by Gasteiger charge is 2.19. The largest absolute Gasteiger partial charge is 0.493 e. The summed E-state index contributed by atoms with van der Waals surface area (Å²) in [7, 11) is 5.05. The molecule has 0 spiro atoms. The van der Waals surface area contributed by atoms with Crippen molar-refractivity contribution in [3.63, 3.8) is 0 Å². The topological polar surface area (TPSA) is 111 Å². The summed E-state index contributed by atoms with van der Waals surface area (Å²) in [5, 5.41) is 10.7. The Bertz CT molecular complexity index is 968. The molecule has 1 saturated carbocycles. The first-order chi connectivity index (χ1) is 17.0. The van der Waals surface area contributed by atoms with E-state index >= 15 is 0 Å². The van der Waals surface area contributed by atoms with Gasteiger partial charge in [-0.1, -0.05) is 19.8 Å². The molecule has 0 saturated heterocycles. The second kappa shape index (κ2) is 15.0. The summed E-state index contributed by atoms with van der Waals surface area (Å²) in [4.78, 5) is 20.8. The lowest BCUT2D eigenvalue weighted by molar-refractivity contribution is 0.112. The maximum absolute atomic E-state index is 10.8. The summed E-state index contributed by atoms with van der Waals surface area (Å²) < 4.78 is 10.4. The third-order valence-corrected chi connectivity index (χ3v) is 6.35. The third-order valence-electron chi connectivity index (χ3n) is 6.35. The van der Waals surface area contributed by atoms with Gasteiger partial charge in [-0.3, -0.25) is 9.78 Å². The first kappa shape index (κ1) is 28.1. The monoisotopic (exact) mass is 482 g/mol. The van der Waals surface area contributed by atoms with E-state index in [9.17, 15) is 10.1 Å². The van der Waals surface area contributed by atoms with Crippen molar-refractivity contribution in [2.24, 2.45) is 17.6 Å².